The van der Waals surface area contributed by atoms with Crippen molar-refractivity contribution in [2.45, 2.75) is 71.4 Å². The van der Waals surface area contributed by atoms with Crippen LogP contribution in [0, 0.1) is 13.8 Å². The van der Waals surface area contributed by atoms with Gasteiger partial charge in [-0.05, 0) is 45.7 Å². The van der Waals surface area contributed by atoms with Gasteiger partial charge in [-0.1, -0.05) is 26.2 Å². The fourth-order valence-corrected chi connectivity index (χ4v) is 3.13. The van der Waals surface area contributed by atoms with Crippen LogP contribution in [0.5, 0.6) is 0 Å². The number of rotatable bonds is 4. The molecule has 0 aromatic carbocycles. The Morgan fingerprint density at radius 1 is 1.28 bits per heavy atom. The van der Waals surface area contributed by atoms with Crippen LogP contribution in [0.15, 0.2) is 6.07 Å². The van der Waals surface area contributed by atoms with E-state index in [2.05, 4.69) is 36.8 Å². The first-order valence-corrected chi connectivity index (χ1v) is 7.48. The molecule has 1 saturated carbocycles. The Balaban J connectivity index is 2.16. The van der Waals surface area contributed by atoms with Gasteiger partial charge in [-0.2, -0.15) is 5.10 Å². The number of nitrogens with zero attached hydrogens (tertiary/aromatic N) is 2. The molecule has 0 saturated heterocycles. The molecule has 1 aromatic rings. The number of hydrogen-bond acceptors (Lipinski definition) is 2. The molecule has 3 heteroatoms. The zero-order valence-electron chi connectivity index (χ0n) is 12.1. The van der Waals surface area contributed by atoms with Gasteiger partial charge >= 0.3 is 0 Å². The minimum atomic E-state index is 0.549. The summed E-state index contributed by atoms with van der Waals surface area (Å²) in [5, 5.41) is 8.45. The van der Waals surface area contributed by atoms with Crippen molar-refractivity contribution in [2.24, 2.45) is 0 Å². The standard InChI is InChI=1S/C15H27N3/c1-4-10-16-14-8-6-5-7-9-15(14)18-13(3)11-12(2)17-18/h11,14-16H,4-10H2,1-3H3. The summed E-state index contributed by atoms with van der Waals surface area (Å²) in [5.41, 5.74) is 2.45. The SMILES string of the molecule is CCCNC1CCCCCC1n1nc(C)cc1C. The molecule has 1 N–H and O–H groups in total. The Bertz CT molecular complexity index is 370. The lowest BCUT2D eigenvalue weighted by molar-refractivity contribution is 0.304. The summed E-state index contributed by atoms with van der Waals surface area (Å²) >= 11 is 0. The number of aryl methyl sites for hydroxylation is 2. The van der Waals surface area contributed by atoms with Crippen LogP contribution in [0.25, 0.3) is 0 Å². The van der Waals surface area contributed by atoms with Crippen LogP contribution in [-0.4, -0.2) is 22.4 Å². The van der Waals surface area contributed by atoms with E-state index in [1.807, 2.05) is 0 Å². The van der Waals surface area contributed by atoms with E-state index in [9.17, 15) is 0 Å². The molecule has 2 atom stereocenters. The topological polar surface area (TPSA) is 29.9 Å². The maximum atomic E-state index is 4.71. The maximum Gasteiger partial charge on any atom is 0.0675 e. The monoisotopic (exact) mass is 249 g/mol. The molecule has 2 rings (SSSR count). The molecule has 1 fully saturated rings. The highest BCUT2D eigenvalue weighted by atomic mass is 15.3. The molecule has 0 radical (unpaired) electrons. The fraction of sp³-hybridized carbons (Fsp3) is 0.800. The molecule has 1 heterocycles. The van der Waals surface area contributed by atoms with Crippen LogP contribution in [0.1, 0.15) is 62.9 Å². The minimum Gasteiger partial charge on any atom is -0.312 e. The molecule has 0 spiro atoms. The van der Waals surface area contributed by atoms with E-state index in [-0.39, 0.29) is 0 Å². The second-order valence-electron chi connectivity index (χ2n) is 5.64. The van der Waals surface area contributed by atoms with Gasteiger partial charge in [-0.25, -0.2) is 0 Å². The third kappa shape index (κ3) is 3.14. The number of nitrogens with one attached hydrogen (secondary N) is 1. The van der Waals surface area contributed by atoms with Gasteiger partial charge in [0.15, 0.2) is 0 Å². The lowest BCUT2D eigenvalue weighted by Gasteiger charge is -2.27. The molecule has 1 aliphatic carbocycles. The van der Waals surface area contributed by atoms with Gasteiger partial charge in [-0.15, -0.1) is 0 Å². The van der Waals surface area contributed by atoms with E-state index in [0.29, 0.717) is 12.1 Å². The molecular formula is C15H27N3. The highest BCUT2D eigenvalue weighted by Crippen LogP contribution is 2.28. The van der Waals surface area contributed by atoms with Crippen LogP contribution in [0.2, 0.25) is 0 Å². The van der Waals surface area contributed by atoms with Gasteiger partial charge in [0.1, 0.15) is 0 Å². The lowest BCUT2D eigenvalue weighted by atomic mass is 10.0. The number of aromatic nitrogens is 2. The molecule has 0 amide bonds. The normalized spacial score (nSPS) is 25.1. The highest BCUT2D eigenvalue weighted by molar-refractivity contribution is 5.08. The molecule has 3 nitrogen and oxygen atoms in total. The van der Waals surface area contributed by atoms with Gasteiger partial charge in [0, 0.05) is 11.7 Å². The third-order valence-electron chi connectivity index (χ3n) is 3.99. The maximum absolute atomic E-state index is 4.71. The van der Waals surface area contributed by atoms with Crippen molar-refractivity contribution in [3.8, 4) is 0 Å². The first-order valence-electron chi connectivity index (χ1n) is 7.48. The van der Waals surface area contributed by atoms with E-state index in [0.717, 1.165) is 12.2 Å². The molecule has 102 valence electrons. The van der Waals surface area contributed by atoms with E-state index in [1.54, 1.807) is 0 Å². The Labute approximate surface area is 111 Å². The van der Waals surface area contributed by atoms with Crippen molar-refractivity contribution in [1.29, 1.82) is 0 Å². The molecule has 1 aliphatic rings. The van der Waals surface area contributed by atoms with E-state index in [4.69, 9.17) is 5.10 Å². The Hall–Kier alpha value is -0.830. The molecule has 2 unspecified atom stereocenters. The summed E-state index contributed by atoms with van der Waals surface area (Å²) in [5.74, 6) is 0. The largest absolute Gasteiger partial charge is 0.312 e. The molecule has 0 bridgehead atoms. The van der Waals surface area contributed by atoms with Crippen LogP contribution in [0.4, 0.5) is 0 Å². The van der Waals surface area contributed by atoms with Crippen LogP contribution in [0.3, 0.4) is 0 Å². The molecule has 1 aromatic heterocycles. The van der Waals surface area contributed by atoms with Crippen LogP contribution < -0.4 is 5.32 Å². The van der Waals surface area contributed by atoms with Crippen LogP contribution in [-0.2, 0) is 0 Å². The average Bonchev–Trinajstić information content (AvgIpc) is 2.56. The van der Waals surface area contributed by atoms with Gasteiger partial charge in [-0.3, -0.25) is 4.68 Å². The summed E-state index contributed by atoms with van der Waals surface area (Å²) in [7, 11) is 0. The smallest absolute Gasteiger partial charge is 0.0675 e. The Morgan fingerprint density at radius 2 is 2.06 bits per heavy atom. The van der Waals surface area contributed by atoms with Crippen molar-refractivity contribution in [2.75, 3.05) is 6.54 Å². The van der Waals surface area contributed by atoms with Gasteiger partial charge in [0.05, 0.1) is 11.7 Å². The first-order chi connectivity index (χ1) is 8.72. The summed E-state index contributed by atoms with van der Waals surface area (Å²) < 4.78 is 2.27. The molecule has 0 aliphatic heterocycles. The van der Waals surface area contributed by atoms with Gasteiger partial charge < -0.3 is 5.32 Å². The molecular weight excluding hydrogens is 222 g/mol. The van der Waals surface area contributed by atoms with Crippen molar-refractivity contribution in [3.63, 3.8) is 0 Å². The van der Waals surface area contributed by atoms with E-state index in [1.165, 1.54) is 44.2 Å². The first kappa shape index (κ1) is 13.6. The zero-order chi connectivity index (χ0) is 13.0. The van der Waals surface area contributed by atoms with E-state index < -0.39 is 0 Å². The van der Waals surface area contributed by atoms with Crippen LogP contribution >= 0.6 is 0 Å². The average molecular weight is 249 g/mol. The lowest BCUT2D eigenvalue weighted by Crippen LogP contribution is -2.38. The summed E-state index contributed by atoms with van der Waals surface area (Å²) in [4.78, 5) is 0. The Morgan fingerprint density at radius 3 is 2.72 bits per heavy atom. The van der Waals surface area contributed by atoms with Gasteiger partial charge in [0.2, 0.25) is 0 Å². The quantitative estimate of drug-likeness (QED) is 0.829. The zero-order valence-corrected chi connectivity index (χ0v) is 12.1. The second kappa shape index (κ2) is 6.37. The Kier molecular flexibility index (Phi) is 4.81. The minimum absolute atomic E-state index is 0.549. The third-order valence-corrected chi connectivity index (χ3v) is 3.99. The summed E-state index contributed by atoms with van der Waals surface area (Å²) in [6, 6.07) is 3.35. The van der Waals surface area contributed by atoms with Crippen molar-refractivity contribution in [3.05, 3.63) is 17.5 Å². The summed E-state index contributed by atoms with van der Waals surface area (Å²) in [6.07, 6.45) is 7.84. The van der Waals surface area contributed by atoms with Crippen molar-refractivity contribution < 1.29 is 0 Å². The van der Waals surface area contributed by atoms with Crippen molar-refractivity contribution in [1.82, 2.24) is 15.1 Å². The second-order valence-corrected chi connectivity index (χ2v) is 5.64. The molecule has 18 heavy (non-hydrogen) atoms. The highest BCUT2D eigenvalue weighted by Gasteiger charge is 2.26. The van der Waals surface area contributed by atoms with E-state index >= 15 is 0 Å². The predicted octanol–water partition coefficient (Wildman–Crippen LogP) is 3.37. The predicted molar refractivity (Wildman–Crippen MR) is 75.9 cm³/mol. The fourth-order valence-electron chi connectivity index (χ4n) is 3.13. The van der Waals surface area contributed by atoms with Gasteiger partial charge in [0.25, 0.3) is 0 Å². The van der Waals surface area contributed by atoms with Crippen molar-refractivity contribution >= 4 is 0 Å². The summed E-state index contributed by atoms with van der Waals surface area (Å²) in [6.45, 7) is 7.64. The number of hydrogen-bond donors (Lipinski definition) is 1.